The van der Waals surface area contributed by atoms with Crippen LogP contribution in [-0.2, 0) is 0 Å². The molecule has 0 aliphatic carbocycles. The van der Waals surface area contributed by atoms with Gasteiger partial charge < -0.3 is 9.84 Å². The van der Waals surface area contributed by atoms with Crippen LogP contribution in [0, 0.1) is 12.8 Å². The summed E-state index contributed by atoms with van der Waals surface area (Å²) >= 11 is 0. The summed E-state index contributed by atoms with van der Waals surface area (Å²) < 4.78 is 6.01. The number of hydrogen-bond acceptors (Lipinski definition) is 2. The molecule has 0 heterocycles. The Bertz CT molecular complexity index is 435. The highest BCUT2D eigenvalue weighted by molar-refractivity contribution is 5.61. The van der Waals surface area contributed by atoms with E-state index in [9.17, 15) is 5.11 Å². The van der Waals surface area contributed by atoms with Gasteiger partial charge in [0.05, 0.1) is 6.61 Å². The highest BCUT2D eigenvalue weighted by atomic mass is 16.5. The van der Waals surface area contributed by atoms with Crippen molar-refractivity contribution in [2.45, 2.75) is 53.4 Å². The van der Waals surface area contributed by atoms with E-state index in [1.165, 1.54) is 19.3 Å². The molecular weight excluding hydrogens is 248 g/mol. The molecule has 0 saturated carbocycles. The lowest BCUT2D eigenvalue weighted by Gasteiger charge is -2.17. The molecule has 2 heteroatoms. The van der Waals surface area contributed by atoms with Crippen LogP contribution >= 0.6 is 0 Å². The van der Waals surface area contributed by atoms with Crippen molar-refractivity contribution in [2.24, 2.45) is 5.92 Å². The quantitative estimate of drug-likeness (QED) is 0.695. The van der Waals surface area contributed by atoms with E-state index in [-0.39, 0.29) is 0 Å². The summed E-state index contributed by atoms with van der Waals surface area (Å²) in [5, 5.41) is 9.80. The zero-order chi connectivity index (χ0) is 15.0. The third kappa shape index (κ3) is 4.92. The number of unbranched alkanes of at least 4 members (excludes halogenated alkanes) is 1. The monoisotopic (exact) mass is 276 g/mol. The SMILES string of the molecule is C/C=C/c1cc(O)c(C)cc1OCC(CC)CCCC. The number of phenolic OH excluding ortho intramolecular Hbond substituents is 1. The van der Waals surface area contributed by atoms with Gasteiger partial charge in [-0.05, 0) is 43.9 Å². The minimum atomic E-state index is 0.323. The lowest BCUT2D eigenvalue weighted by atomic mass is 10.0. The van der Waals surface area contributed by atoms with E-state index in [1.54, 1.807) is 6.07 Å². The van der Waals surface area contributed by atoms with Gasteiger partial charge in [-0.15, -0.1) is 0 Å². The van der Waals surface area contributed by atoms with Gasteiger partial charge in [0.1, 0.15) is 11.5 Å². The van der Waals surface area contributed by atoms with Gasteiger partial charge in [-0.25, -0.2) is 0 Å². The van der Waals surface area contributed by atoms with Gasteiger partial charge in [0.15, 0.2) is 0 Å². The first-order valence-electron chi connectivity index (χ1n) is 7.71. The molecule has 0 spiro atoms. The lowest BCUT2D eigenvalue weighted by Crippen LogP contribution is -2.11. The molecule has 2 nitrogen and oxygen atoms in total. The highest BCUT2D eigenvalue weighted by Crippen LogP contribution is 2.29. The first-order valence-corrected chi connectivity index (χ1v) is 7.71. The van der Waals surface area contributed by atoms with E-state index in [2.05, 4.69) is 13.8 Å². The second kappa shape index (κ2) is 8.68. The number of allylic oxidation sites excluding steroid dienone is 1. The van der Waals surface area contributed by atoms with Crippen molar-refractivity contribution in [3.05, 3.63) is 29.3 Å². The standard InChI is InChI=1S/C18H28O2/c1-5-8-10-15(7-3)13-20-18-11-14(4)17(19)12-16(18)9-6-2/h6,9,11-12,15,19H,5,7-8,10,13H2,1-4H3/b9-6+. The molecule has 0 aromatic heterocycles. The Morgan fingerprint density at radius 1 is 1.30 bits per heavy atom. The molecular formula is C18H28O2. The van der Waals surface area contributed by atoms with E-state index in [1.807, 2.05) is 32.1 Å². The predicted octanol–water partition coefficient (Wildman–Crippen LogP) is 5.33. The summed E-state index contributed by atoms with van der Waals surface area (Å²) in [7, 11) is 0. The van der Waals surface area contributed by atoms with Crippen molar-refractivity contribution in [3.8, 4) is 11.5 Å². The van der Waals surface area contributed by atoms with Crippen LogP contribution in [0.25, 0.3) is 6.08 Å². The minimum Gasteiger partial charge on any atom is -0.508 e. The molecule has 1 N–H and O–H groups in total. The van der Waals surface area contributed by atoms with Gasteiger partial charge in [0.25, 0.3) is 0 Å². The topological polar surface area (TPSA) is 29.5 Å². The molecule has 1 aromatic carbocycles. The fourth-order valence-electron chi connectivity index (χ4n) is 2.23. The zero-order valence-electron chi connectivity index (χ0n) is 13.3. The Hall–Kier alpha value is -1.44. The first-order chi connectivity index (χ1) is 9.62. The Kier molecular flexibility index (Phi) is 7.21. The van der Waals surface area contributed by atoms with Crippen molar-refractivity contribution >= 4 is 6.08 Å². The fourth-order valence-corrected chi connectivity index (χ4v) is 2.23. The van der Waals surface area contributed by atoms with Gasteiger partial charge in [-0.3, -0.25) is 0 Å². The Balaban J connectivity index is 2.77. The van der Waals surface area contributed by atoms with E-state index in [4.69, 9.17) is 4.74 Å². The number of phenols is 1. The summed E-state index contributed by atoms with van der Waals surface area (Å²) in [6.45, 7) is 9.07. The van der Waals surface area contributed by atoms with E-state index in [0.29, 0.717) is 11.7 Å². The second-order valence-corrected chi connectivity index (χ2v) is 5.40. The molecule has 1 aromatic rings. The number of benzene rings is 1. The Morgan fingerprint density at radius 3 is 2.65 bits per heavy atom. The molecule has 0 saturated heterocycles. The van der Waals surface area contributed by atoms with Crippen LogP contribution in [0.3, 0.4) is 0 Å². The largest absolute Gasteiger partial charge is 0.508 e. The van der Waals surface area contributed by atoms with Crippen LogP contribution in [0.4, 0.5) is 0 Å². The zero-order valence-corrected chi connectivity index (χ0v) is 13.3. The van der Waals surface area contributed by atoms with E-state index in [0.717, 1.165) is 29.9 Å². The molecule has 0 radical (unpaired) electrons. The Morgan fingerprint density at radius 2 is 2.05 bits per heavy atom. The van der Waals surface area contributed by atoms with Crippen LogP contribution in [-0.4, -0.2) is 11.7 Å². The van der Waals surface area contributed by atoms with Gasteiger partial charge in [-0.1, -0.05) is 45.3 Å². The molecule has 1 rings (SSSR count). The number of rotatable bonds is 8. The number of hydrogen-bond donors (Lipinski definition) is 1. The molecule has 0 fully saturated rings. The maximum Gasteiger partial charge on any atom is 0.127 e. The fraction of sp³-hybridized carbons (Fsp3) is 0.556. The van der Waals surface area contributed by atoms with Gasteiger partial charge in [0, 0.05) is 5.56 Å². The van der Waals surface area contributed by atoms with Crippen LogP contribution in [0.15, 0.2) is 18.2 Å². The predicted molar refractivity (Wildman–Crippen MR) is 86.4 cm³/mol. The van der Waals surface area contributed by atoms with Crippen molar-refractivity contribution in [3.63, 3.8) is 0 Å². The molecule has 112 valence electrons. The average Bonchev–Trinajstić information content (AvgIpc) is 2.44. The first kappa shape index (κ1) is 16.6. The van der Waals surface area contributed by atoms with Gasteiger partial charge >= 0.3 is 0 Å². The second-order valence-electron chi connectivity index (χ2n) is 5.40. The summed E-state index contributed by atoms with van der Waals surface area (Å²) in [6, 6.07) is 3.70. The summed E-state index contributed by atoms with van der Waals surface area (Å²) in [5.74, 6) is 1.80. The van der Waals surface area contributed by atoms with Gasteiger partial charge in [-0.2, -0.15) is 0 Å². The smallest absolute Gasteiger partial charge is 0.127 e. The van der Waals surface area contributed by atoms with Crippen molar-refractivity contribution in [1.29, 1.82) is 0 Å². The maximum atomic E-state index is 9.80. The number of ether oxygens (including phenoxy) is 1. The average molecular weight is 276 g/mol. The van der Waals surface area contributed by atoms with Crippen LogP contribution < -0.4 is 4.74 Å². The molecule has 0 aliphatic rings. The summed E-state index contributed by atoms with van der Waals surface area (Å²) in [5.41, 5.74) is 1.80. The molecule has 1 unspecified atom stereocenters. The highest BCUT2D eigenvalue weighted by Gasteiger charge is 2.10. The van der Waals surface area contributed by atoms with Crippen molar-refractivity contribution in [1.82, 2.24) is 0 Å². The lowest BCUT2D eigenvalue weighted by molar-refractivity contribution is 0.232. The number of aryl methyl sites for hydroxylation is 1. The minimum absolute atomic E-state index is 0.323. The number of aromatic hydroxyl groups is 1. The Labute approximate surface area is 123 Å². The normalized spacial score (nSPS) is 12.8. The summed E-state index contributed by atoms with van der Waals surface area (Å²) in [4.78, 5) is 0. The summed E-state index contributed by atoms with van der Waals surface area (Å²) in [6.07, 6.45) is 8.81. The van der Waals surface area contributed by atoms with Crippen LogP contribution in [0.2, 0.25) is 0 Å². The van der Waals surface area contributed by atoms with Crippen LogP contribution in [0.1, 0.15) is 57.6 Å². The van der Waals surface area contributed by atoms with E-state index < -0.39 is 0 Å². The van der Waals surface area contributed by atoms with Gasteiger partial charge in [0.2, 0.25) is 0 Å². The third-order valence-electron chi connectivity index (χ3n) is 3.69. The molecule has 0 aliphatic heterocycles. The van der Waals surface area contributed by atoms with Crippen LogP contribution in [0.5, 0.6) is 11.5 Å². The molecule has 20 heavy (non-hydrogen) atoms. The molecule has 0 amide bonds. The van der Waals surface area contributed by atoms with Crippen molar-refractivity contribution < 1.29 is 9.84 Å². The maximum absolute atomic E-state index is 9.80. The van der Waals surface area contributed by atoms with E-state index >= 15 is 0 Å². The third-order valence-corrected chi connectivity index (χ3v) is 3.69. The molecule has 0 bridgehead atoms. The van der Waals surface area contributed by atoms with Crippen molar-refractivity contribution in [2.75, 3.05) is 6.61 Å². The molecule has 1 atom stereocenters.